The fraction of sp³-hybridized carbons (Fsp3) is 0.583. The van der Waals surface area contributed by atoms with Crippen LogP contribution in [0.2, 0.25) is 0 Å². The van der Waals surface area contributed by atoms with Crippen LogP contribution in [0.1, 0.15) is 13.8 Å². The van der Waals surface area contributed by atoms with Crippen molar-refractivity contribution in [2.45, 2.75) is 20.0 Å². The number of carbonyl (C=O) groups is 1. The maximum absolute atomic E-state index is 11.6. The first-order valence-electron chi connectivity index (χ1n) is 5.99. The highest BCUT2D eigenvalue weighted by atomic mass is 16.5. The minimum absolute atomic E-state index is 0.136. The summed E-state index contributed by atoms with van der Waals surface area (Å²) in [6.45, 7) is 5.85. The van der Waals surface area contributed by atoms with Gasteiger partial charge in [-0.25, -0.2) is 0 Å². The lowest BCUT2D eigenvalue weighted by Crippen LogP contribution is -2.50. The van der Waals surface area contributed by atoms with E-state index in [1.165, 1.54) is 0 Å². The van der Waals surface area contributed by atoms with Gasteiger partial charge in [0.1, 0.15) is 5.69 Å². The third-order valence-corrected chi connectivity index (χ3v) is 2.98. The Morgan fingerprint density at radius 1 is 1.11 bits per heavy atom. The van der Waals surface area contributed by atoms with E-state index < -0.39 is 10.9 Å². The van der Waals surface area contributed by atoms with Crippen molar-refractivity contribution in [2.24, 2.45) is 0 Å². The molecule has 0 saturated carbocycles. The molecule has 6 heteroatoms. The minimum Gasteiger partial charge on any atom is -0.485 e. The zero-order valence-corrected chi connectivity index (χ0v) is 10.5. The molecule has 0 aliphatic carbocycles. The molecule has 0 N–H and O–H groups in total. The molecule has 0 bridgehead atoms. The summed E-state index contributed by atoms with van der Waals surface area (Å²) < 4.78 is 5.37. The number of hydrogen-bond acceptors (Lipinski definition) is 5. The van der Waals surface area contributed by atoms with Gasteiger partial charge in [0.25, 0.3) is 10.9 Å². The van der Waals surface area contributed by atoms with Crippen LogP contribution < -0.4 is 20.5 Å². The first kappa shape index (κ1) is 12.6. The molecule has 18 heavy (non-hydrogen) atoms. The van der Waals surface area contributed by atoms with Crippen molar-refractivity contribution in [2.75, 3.05) is 31.1 Å². The summed E-state index contributed by atoms with van der Waals surface area (Å²) in [7, 11) is 0. The average molecular weight is 252 g/mol. The quantitative estimate of drug-likeness (QED) is 0.526. The Bertz CT molecular complexity index is 508. The van der Waals surface area contributed by atoms with Crippen LogP contribution in [0.5, 0.6) is 5.75 Å². The molecule has 6 nitrogen and oxygen atoms in total. The van der Waals surface area contributed by atoms with E-state index in [4.69, 9.17) is 4.74 Å². The molecule has 0 radical (unpaired) electrons. The average Bonchev–Trinajstić information content (AvgIpc) is 2.38. The molecule has 1 aromatic carbocycles. The molecule has 1 fully saturated rings. The van der Waals surface area contributed by atoms with E-state index in [0.29, 0.717) is 31.9 Å². The maximum atomic E-state index is 11.6. The van der Waals surface area contributed by atoms with Gasteiger partial charge in [0.05, 0.1) is 6.10 Å². The van der Waals surface area contributed by atoms with E-state index in [1.54, 1.807) is 4.90 Å². The van der Waals surface area contributed by atoms with Crippen LogP contribution in [0.15, 0.2) is 9.59 Å². The zero-order valence-electron chi connectivity index (χ0n) is 10.5. The lowest BCUT2D eigenvalue weighted by Gasteiger charge is -2.35. The highest BCUT2D eigenvalue weighted by Gasteiger charge is 2.29. The number of nitrogens with zero attached hydrogens (tertiary/aromatic N) is 2. The second-order valence-corrected chi connectivity index (χ2v) is 4.63. The topological polar surface area (TPSA) is 66.9 Å². The molecule has 1 amide bonds. The molecule has 0 atom stereocenters. The van der Waals surface area contributed by atoms with Gasteiger partial charge in [-0.3, -0.25) is 14.4 Å². The van der Waals surface area contributed by atoms with Crippen LogP contribution in [-0.4, -0.2) is 43.6 Å². The smallest absolute Gasteiger partial charge is 0.272 e. The summed E-state index contributed by atoms with van der Waals surface area (Å²) in [6.07, 6.45) is 0.661. The van der Waals surface area contributed by atoms with Crippen LogP contribution in [0.25, 0.3) is 0 Å². The fourth-order valence-corrected chi connectivity index (χ4v) is 2.04. The maximum Gasteiger partial charge on any atom is 0.272 e. The Morgan fingerprint density at radius 2 is 1.72 bits per heavy atom. The summed E-state index contributed by atoms with van der Waals surface area (Å²) in [5.74, 6) is 0.176. The molecule has 1 heterocycles. The number of hydrogen-bond donors (Lipinski definition) is 0. The molecule has 0 unspecified atom stereocenters. The van der Waals surface area contributed by atoms with E-state index in [0.717, 1.165) is 6.41 Å². The van der Waals surface area contributed by atoms with Crippen LogP contribution in [-0.2, 0) is 4.79 Å². The third-order valence-electron chi connectivity index (χ3n) is 2.98. The van der Waals surface area contributed by atoms with Gasteiger partial charge in [-0.15, -0.1) is 0 Å². The van der Waals surface area contributed by atoms with Crippen LogP contribution in [0.4, 0.5) is 5.69 Å². The largest absolute Gasteiger partial charge is 0.485 e. The summed E-state index contributed by atoms with van der Waals surface area (Å²) in [5.41, 5.74) is -0.652. The van der Waals surface area contributed by atoms with Gasteiger partial charge in [0, 0.05) is 26.2 Å². The third kappa shape index (κ3) is 2.10. The summed E-state index contributed by atoms with van der Waals surface area (Å²) >= 11 is 0. The molecular weight excluding hydrogens is 236 g/mol. The van der Waals surface area contributed by atoms with E-state index >= 15 is 0 Å². The highest BCUT2D eigenvalue weighted by molar-refractivity contribution is 5.64. The van der Waals surface area contributed by atoms with Crippen LogP contribution >= 0.6 is 0 Å². The Morgan fingerprint density at radius 3 is 2.22 bits per heavy atom. The second kappa shape index (κ2) is 4.80. The minimum atomic E-state index is -0.545. The Balaban J connectivity index is 2.15. The van der Waals surface area contributed by atoms with Crippen molar-refractivity contribution >= 4 is 12.1 Å². The number of rotatable bonds is 4. The standard InChI is InChI=1S/C12H16N2O4/c1-8(2)18-12-9(10(16)11(12)17)14-5-3-13(7-15)4-6-14/h7-8H,3-6H2,1-2H3. The van der Waals surface area contributed by atoms with Crippen LogP contribution in [0.3, 0.4) is 0 Å². The number of anilines is 1. The van der Waals surface area contributed by atoms with E-state index in [2.05, 4.69) is 0 Å². The molecule has 98 valence electrons. The van der Waals surface area contributed by atoms with Crippen LogP contribution in [0, 0.1) is 0 Å². The van der Waals surface area contributed by atoms with Crippen molar-refractivity contribution in [1.82, 2.24) is 4.90 Å². The zero-order chi connectivity index (χ0) is 13.3. The van der Waals surface area contributed by atoms with E-state index in [9.17, 15) is 14.4 Å². The summed E-state index contributed by atoms with van der Waals surface area (Å²) in [5, 5.41) is 0. The number of ether oxygens (including phenoxy) is 1. The summed E-state index contributed by atoms with van der Waals surface area (Å²) in [4.78, 5) is 37.1. The normalized spacial score (nSPS) is 16.4. The molecule has 0 aromatic heterocycles. The van der Waals surface area contributed by atoms with Crippen molar-refractivity contribution < 1.29 is 9.53 Å². The molecule has 0 spiro atoms. The predicted octanol–water partition coefficient (Wildman–Crippen LogP) is -0.652. The van der Waals surface area contributed by atoms with Crippen molar-refractivity contribution in [1.29, 1.82) is 0 Å². The molecule has 1 aliphatic heterocycles. The lowest BCUT2D eigenvalue weighted by atomic mass is 10.1. The lowest BCUT2D eigenvalue weighted by molar-refractivity contribution is -0.118. The molecule has 2 rings (SSSR count). The number of amides is 1. The fourth-order valence-electron chi connectivity index (χ4n) is 2.04. The molecule has 1 aromatic rings. The van der Waals surface area contributed by atoms with Crippen molar-refractivity contribution in [3.63, 3.8) is 0 Å². The highest BCUT2D eigenvalue weighted by Crippen LogP contribution is 2.24. The van der Waals surface area contributed by atoms with Crippen molar-refractivity contribution in [3.8, 4) is 5.75 Å². The summed E-state index contributed by atoms with van der Waals surface area (Å²) in [6, 6.07) is 0. The van der Waals surface area contributed by atoms with Gasteiger partial charge in [-0.05, 0) is 13.8 Å². The predicted molar refractivity (Wildman–Crippen MR) is 67.0 cm³/mol. The molecular formula is C12H16N2O4. The van der Waals surface area contributed by atoms with Crippen molar-refractivity contribution in [3.05, 3.63) is 20.4 Å². The first-order chi connectivity index (χ1) is 8.54. The van der Waals surface area contributed by atoms with E-state index in [-0.39, 0.29) is 11.9 Å². The Labute approximate surface area is 104 Å². The Hall–Kier alpha value is -1.85. The van der Waals surface area contributed by atoms with Gasteiger partial charge in [0.15, 0.2) is 5.75 Å². The molecule has 1 aliphatic rings. The van der Waals surface area contributed by atoms with Gasteiger partial charge in [0.2, 0.25) is 6.41 Å². The Kier molecular flexibility index (Phi) is 3.36. The van der Waals surface area contributed by atoms with Gasteiger partial charge >= 0.3 is 0 Å². The van der Waals surface area contributed by atoms with Gasteiger partial charge < -0.3 is 14.5 Å². The monoisotopic (exact) mass is 252 g/mol. The second-order valence-electron chi connectivity index (χ2n) is 4.63. The first-order valence-corrected chi connectivity index (χ1v) is 5.99. The number of carbonyl (C=O) groups excluding carboxylic acids is 1. The van der Waals surface area contributed by atoms with Gasteiger partial charge in [-0.1, -0.05) is 0 Å². The molecule has 1 saturated heterocycles. The van der Waals surface area contributed by atoms with Gasteiger partial charge in [-0.2, -0.15) is 0 Å². The van der Waals surface area contributed by atoms with E-state index in [1.807, 2.05) is 18.7 Å². The SMILES string of the molecule is CC(C)Oc1c(N2CCN(C=O)CC2)c(=O)c1=O. The number of piperazine rings is 1.